The minimum Gasteiger partial charge on any atom is -0.295 e. The van der Waals surface area contributed by atoms with Gasteiger partial charge in [0.25, 0.3) is 14.2 Å². The number of aromatic nitrogens is 3. The summed E-state index contributed by atoms with van der Waals surface area (Å²) in [5.74, 6) is 0.651. The highest BCUT2D eigenvalue weighted by atomic mass is 35.7. The molecule has 0 aliphatic carbocycles. The fraction of sp³-hybridized carbons (Fsp3) is 0.538. The van der Waals surface area contributed by atoms with Crippen LogP contribution in [0.15, 0.2) is 22.7 Å². The molecule has 0 bridgehead atoms. The van der Waals surface area contributed by atoms with Crippen LogP contribution in [0.1, 0.15) is 37.9 Å². The molecule has 2 rings (SSSR count). The minimum absolute atomic E-state index is 0.178. The highest BCUT2D eigenvalue weighted by Crippen LogP contribution is 2.24. The molecular weight excluding hydrogens is 330 g/mol. The summed E-state index contributed by atoms with van der Waals surface area (Å²) in [5, 5.41) is 9.65. The van der Waals surface area contributed by atoms with Crippen molar-refractivity contribution in [2.75, 3.05) is 0 Å². The van der Waals surface area contributed by atoms with Crippen molar-refractivity contribution in [3.8, 4) is 0 Å². The zero-order chi connectivity index (χ0) is 15.7. The van der Waals surface area contributed by atoms with E-state index in [1.165, 1.54) is 4.88 Å². The molecule has 2 aromatic rings. The quantitative estimate of drug-likeness (QED) is 0.779. The van der Waals surface area contributed by atoms with Gasteiger partial charge in [0.05, 0.1) is 0 Å². The Morgan fingerprint density at radius 3 is 2.52 bits per heavy atom. The average Bonchev–Trinajstić information content (AvgIpc) is 2.95. The molecule has 0 saturated carbocycles. The van der Waals surface area contributed by atoms with Gasteiger partial charge in [-0.2, -0.15) is 0 Å². The molecule has 2 aromatic heterocycles. The topological polar surface area (TPSA) is 64.8 Å². The van der Waals surface area contributed by atoms with Gasteiger partial charge in [-0.15, -0.1) is 21.5 Å². The van der Waals surface area contributed by atoms with Crippen LogP contribution in [0.5, 0.6) is 0 Å². The first kappa shape index (κ1) is 16.5. The highest BCUT2D eigenvalue weighted by molar-refractivity contribution is 8.13. The fourth-order valence-electron chi connectivity index (χ4n) is 2.17. The Labute approximate surface area is 133 Å². The summed E-state index contributed by atoms with van der Waals surface area (Å²) in [4.78, 5) is 1.31. The Kier molecular flexibility index (Phi) is 4.75. The van der Waals surface area contributed by atoms with Crippen molar-refractivity contribution >= 4 is 31.1 Å². The van der Waals surface area contributed by atoms with E-state index < -0.39 is 14.6 Å². The molecule has 8 heteroatoms. The number of thiophene rings is 1. The Hall–Kier alpha value is -0.920. The van der Waals surface area contributed by atoms with Crippen LogP contribution in [0, 0.1) is 0 Å². The zero-order valence-electron chi connectivity index (χ0n) is 12.2. The normalized spacial score (nSPS) is 12.8. The van der Waals surface area contributed by atoms with Gasteiger partial charge < -0.3 is 0 Å². The number of hydrogen-bond donors (Lipinski definition) is 0. The van der Waals surface area contributed by atoms with Crippen LogP contribution < -0.4 is 0 Å². The fourth-order valence-corrected chi connectivity index (χ4v) is 3.96. The van der Waals surface area contributed by atoms with Gasteiger partial charge in [0.1, 0.15) is 5.82 Å². The number of rotatable bonds is 5. The Bertz CT molecular complexity index is 700. The van der Waals surface area contributed by atoms with Crippen LogP contribution in [0.3, 0.4) is 0 Å². The smallest absolute Gasteiger partial charge is 0.295 e. The molecule has 0 spiro atoms. The Morgan fingerprint density at radius 2 is 2.00 bits per heavy atom. The standard InChI is InChI=1S/C13H18ClN3O2S2/c1-13(2,3)17-11(15-16-12(17)21(14,18)19)8-4-6-10-7-5-9-20-10/h5,7,9H,4,6,8H2,1-3H3. The van der Waals surface area contributed by atoms with Crippen LogP contribution in [-0.4, -0.2) is 23.2 Å². The maximum Gasteiger partial charge on any atom is 0.296 e. The van der Waals surface area contributed by atoms with Crippen molar-refractivity contribution in [3.05, 3.63) is 28.2 Å². The molecule has 0 aliphatic heterocycles. The van der Waals surface area contributed by atoms with E-state index in [1.807, 2.05) is 32.2 Å². The van der Waals surface area contributed by atoms with E-state index in [0.717, 1.165) is 12.8 Å². The third kappa shape index (κ3) is 4.05. The molecule has 21 heavy (non-hydrogen) atoms. The second-order valence-corrected chi connectivity index (χ2v) is 9.27. The summed E-state index contributed by atoms with van der Waals surface area (Å²) in [5.41, 5.74) is -0.445. The number of nitrogens with zero attached hydrogens (tertiary/aromatic N) is 3. The molecular formula is C13H18ClN3O2S2. The lowest BCUT2D eigenvalue weighted by atomic mass is 10.1. The van der Waals surface area contributed by atoms with Gasteiger partial charge in [0.2, 0.25) is 0 Å². The molecule has 0 amide bonds. The summed E-state index contributed by atoms with van der Waals surface area (Å²) in [6, 6.07) is 4.11. The molecule has 0 fully saturated rings. The lowest BCUT2D eigenvalue weighted by Crippen LogP contribution is -2.27. The van der Waals surface area contributed by atoms with Gasteiger partial charge in [-0.3, -0.25) is 4.57 Å². The average molecular weight is 348 g/mol. The Morgan fingerprint density at radius 1 is 1.29 bits per heavy atom. The van der Waals surface area contributed by atoms with Gasteiger partial charge in [-0.1, -0.05) is 6.07 Å². The first-order chi connectivity index (χ1) is 9.69. The largest absolute Gasteiger partial charge is 0.296 e. The minimum atomic E-state index is -3.90. The molecule has 5 nitrogen and oxygen atoms in total. The number of aryl methyl sites for hydroxylation is 2. The summed E-state index contributed by atoms with van der Waals surface area (Å²) in [6.07, 6.45) is 2.49. The molecule has 0 unspecified atom stereocenters. The van der Waals surface area contributed by atoms with Crippen molar-refractivity contribution in [1.29, 1.82) is 0 Å². The lowest BCUT2D eigenvalue weighted by Gasteiger charge is -2.24. The third-order valence-corrected chi connectivity index (χ3v) is 5.04. The molecule has 0 saturated heterocycles. The monoisotopic (exact) mass is 347 g/mol. The van der Waals surface area contributed by atoms with Gasteiger partial charge >= 0.3 is 0 Å². The second-order valence-electron chi connectivity index (χ2n) is 5.78. The maximum absolute atomic E-state index is 11.6. The molecule has 0 N–H and O–H groups in total. The number of hydrogen-bond acceptors (Lipinski definition) is 5. The predicted molar refractivity (Wildman–Crippen MR) is 84.4 cm³/mol. The summed E-state index contributed by atoms with van der Waals surface area (Å²) in [7, 11) is 1.55. The second kappa shape index (κ2) is 6.06. The van der Waals surface area contributed by atoms with E-state index >= 15 is 0 Å². The van der Waals surface area contributed by atoms with E-state index in [9.17, 15) is 8.42 Å². The van der Waals surface area contributed by atoms with Crippen molar-refractivity contribution in [2.24, 2.45) is 0 Å². The van der Waals surface area contributed by atoms with Crippen LogP contribution in [-0.2, 0) is 27.4 Å². The van der Waals surface area contributed by atoms with E-state index in [2.05, 4.69) is 16.3 Å². The van der Waals surface area contributed by atoms with Gasteiger partial charge in [-0.25, -0.2) is 8.42 Å². The highest BCUT2D eigenvalue weighted by Gasteiger charge is 2.29. The zero-order valence-corrected chi connectivity index (χ0v) is 14.6. The van der Waals surface area contributed by atoms with E-state index in [-0.39, 0.29) is 5.16 Å². The molecule has 0 aromatic carbocycles. The molecule has 0 atom stereocenters. The van der Waals surface area contributed by atoms with Crippen molar-refractivity contribution in [2.45, 2.75) is 50.7 Å². The first-order valence-corrected chi connectivity index (χ1v) is 9.80. The van der Waals surface area contributed by atoms with Crippen LogP contribution >= 0.6 is 22.0 Å². The van der Waals surface area contributed by atoms with E-state index in [1.54, 1.807) is 15.9 Å². The van der Waals surface area contributed by atoms with Crippen LogP contribution in [0.4, 0.5) is 0 Å². The van der Waals surface area contributed by atoms with Crippen molar-refractivity contribution < 1.29 is 8.42 Å². The predicted octanol–water partition coefficient (Wildman–Crippen LogP) is 3.20. The summed E-state index contributed by atoms with van der Waals surface area (Å²) >= 11 is 1.72. The number of halogens is 1. The first-order valence-electron chi connectivity index (χ1n) is 6.61. The van der Waals surface area contributed by atoms with Gasteiger partial charge in [-0.05, 0) is 45.1 Å². The maximum atomic E-state index is 11.6. The van der Waals surface area contributed by atoms with E-state index in [0.29, 0.717) is 12.2 Å². The van der Waals surface area contributed by atoms with Gasteiger partial charge in [0.15, 0.2) is 0 Å². The molecule has 0 aliphatic rings. The third-order valence-electron chi connectivity index (χ3n) is 2.99. The van der Waals surface area contributed by atoms with Crippen molar-refractivity contribution in [3.63, 3.8) is 0 Å². The van der Waals surface area contributed by atoms with E-state index in [4.69, 9.17) is 10.7 Å². The summed E-state index contributed by atoms with van der Waals surface area (Å²) in [6.45, 7) is 5.72. The Balaban J connectivity index is 2.21. The lowest BCUT2D eigenvalue weighted by molar-refractivity contribution is 0.349. The SMILES string of the molecule is CC(C)(C)n1c(CCCc2cccs2)nnc1S(=O)(=O)Cl. The van der Waals surface area contributed by atoms with Gasteiger partial charge in [0, 0.05) is 27.5 Å². The van der Waals surface area contributed by atoms with Crippen LogP contribution in [0.2, 0.25) is 0 Å². The van der Waals surface area contributed by atoms with Crippen molar-refractivity contribution in [1.82, 2.24) is 14.8 Å². The van der Waals surface area contributed by atoms with Crippen LogP contribution in [0.25, 0.3) is 0 Å². The molecule has 0 radical (unpaired) electrons. The molecule has 116 valence electrons. The summed E-state index contributed by atoms with van der Waals surface area (Å²) < 4.78 is 24.9. The molecule has 2 heterocycles.